The van der Waals surface area contributed by atoms with Gasteiger partial charge in [-0.05, 0) is 98.9 Å². The SMILES string of the molecule is CN(C)Cc1cc(O)ccc1-c1cccc(Oc2ncc(F)cc2C(=O)N[C@H]2CC[C@@H](NC(=O)c3nc4ccccc4s3)CC2)c1. The van der Waals surface area contributed by atoms with E-state index in [-0.39, 0.29) is 35.2 Å². The van der Waals surface area contributed by atoms with Crippen LogP contribution in [0.15, 0.2) is 79.0 Å². The molecule has 11 heteroatoms. The molecule has 0 aliphatic heterocycles. The van der Waals surface area contributed by atoms with Gasteiger partial charge in [-0.3, -0.25) is 9.59 Å². The smallest absolute Gasteiger partial charge is 0.280 e. The molecular formula is C35H34FN5O4S. The molecule has 1 aliphatic carbocycles. The molecule has 0 saturated heterocycles. The number of para-hydroxylation sites is 1. The van der Waals surface area contributed by atoms with Gasteiger partial charge in [-0.2, -0.15) is 0 Å². The number of rotatable bonds is 9. The number of amides is 2. The Balaban J connectivity index is 1.10. The van der Waals surface area contributed by atoms with Crippen LogP contribution in [0.1, 0.15) is 51.4 Å². The summed E-state index contributed by atoms with van der Waals surface area (Å²) in [5.74, 6) is -0.714. The molecule has 2 heterocycles. The maximum absolute atomic E-state index is 14.3. The minimum atomic E-state index is -0.648. The molecule has 1 saturated carbocycles. The van der Waals surface area contributed by atoms with Crippen LogP contribution < -0.4 is 15.4 Å². The van der Waals surface area contributed by atoms with Gasteiger partial charge in [0.05, 0.1) is 16.4 Å². The number of hydrogen-bond acceptors (Lipinski definition) is 8. The van der Waals surface area contributed by atoms with Crippen LogP contribution in [0.2, 0.25) is 0 Å². The second-order valence-corrected chi connectivity index (χ2v) is 12.7. The normalized spacial score (nSPS) is 16.3. The first-order valence-corrected chi connectivity index (χ1v) is 15.9. The van der Waals surface area contributed by atoms with Crippen molar-refractivity contribution in [2.75, 3.05) is 14.1 Å². The standard InChI is InChI=1S/C35H34FN5O4S/c1-41(2)20-22-16-26(42)14-15-28(22)21-6-5-7-27(17-21)45-34-29(18-23(36)19-37-34)32(43)38-24-10-12-25(13-11-24)39-33(44)35-40-30-8-3-4-9-31(30)46-35/h3-9,14-19,24-25,42H,10-13,20H2,1-2H3,(H,38,43)(H,39,44)/t24-,25+. The summed E-state index contributed by atoms with van der Waals surface area (Å²) in [7, 11) is 3.91. The third kappa shape index (κ3) is 7.32. The van der Waals surface area contributed by atoms with Gasteiger partial charge in [-0.25, -0.2) is 14.4 Å². The molecule has 0 bridgehead atoms. The number of nitrogens with one attached hydrogen (secondary N) is 2. The number of aromatic nitrogens is 2. The predicted molar refractivity (Wildman–Crippen MR) is 176 cm³/mol. The number of phenols is 1. The van der Waals surface area contributed by atoms with E-state index in [1.54, 1.807) is 18.2 Å². The zero-order valence-corrected chi connectivity index (χ0v) is 26.3. The van der Waals surface area contributed by atoms with Crippen molar-refractivity contribution in [2.45, 2.75) is 44.3 Å². The summed E-state index contributed by atoms with van der Waals surface area (Å²) in [4.78, 5) is 36.7. The van der Waals surface area contributed by atoms with E-state index >= 15 is 0 Å². The summed E-state index contributed by atoms with van der Waals surface area (Å²) >= 11 is 1.37. The van der Waals surface area contributed by atoms with Gasteiger partial charge in [0.25, 0.3) is 11.8 Å². The van der Waals surface area contributed by atoms with Crippen LogP contribution in [0.25, 0.3) is 21.3 Å². The first-order valence-electron chi connectivity index (χ1n) is 15.1. The summed E-state index contributed by atoms with van der Waals surface area (Å²) in [6.07, 6.45) is 3.70. The van der Waals surface area contributed by atoms with Gasteiger partial charge in [0.2, 0.25) is 5.88 Å². The molecule has 2 amide bonds. The average Bonchev–Trinajstić information content (AvgIpc) is 3.48. The second-order valence-electron chi connectivity index (χ2n) is 11.7. The Bertz CT molecular complexity index is 1850. The number of nitrogens with zero attached hydrogens (tertiary/aromatic N) is 3. The fourth-order valence-electron chi connectivity index (χ4n) is 5.70. The van der Waals surface area contributed by atoms with Gasteiger partial charge in [-0.15, -0.1) is 11.3 Å². The highest BCUT2D eigenvalue weighted by Gasteiger charge is 2.26. The zero-order valence-electron chi connectivity index (χ0n) is 25.5. The average molecular weight is 640 g/mol. The molecule has 3 aromatic carbocycles. The fraction of sp³-hybridized carbons (Fsp3) is 0.257. The number of carbonyl (C=O) groups excluding carboxylic acids is 2. The number of phenolic OH excluding ortho intramolecular Hbond substituents is 1. The highest BCUT2D eigenvalue weighted by Crippen LogP contribution is 2.32. The lowest BCUT2D eigenvalue weighted by molar-refractivity contribution is 0.0890. The fourth-order valence-corrected chi connectivity index (χ4v) is 6.57. The first-order chi connectivity index (χ1) is 22.2. The van der Waals surface area contributed by atoms with Crippen molar-refractivity contribution < 1.29 is 23.8 Å². The van der Waals surface area contributed by atoms with E-state index in [1.807, 2.05) is 67.5 Å². The molecule has 46 heavy (non-hydrogen) atoms. The van der Waals surface area contributed by atoms with E-state index in [4.69, 9.17) is 4.74 Å². The molecule has 1 aliphatic rings. The Morgan fingerprint density at radius 2 is 1.70 bits per heavy atom. The predicted octanol–water partition coefficient (Wildman–Crippen LogP) is 6.53. The zero-order chi connectivity index (χ0) is 32.2. The first kappa shape index (κ1) is 31.1. The molecule has 0 atom stereocenters. The monoisotopic (exact) mass is 639 g/mol. The Morgan fingerprint density at radius 3 is 2.43 bits per heavy atom. The van der Waals surface area contributed by atoms with Gasteiger partial charge in [-0.1, -0.05) is 30.3 Å². The summed E-state index contributed by atoms with van der Waals surface area (Å²) < 4.78 is 21.3. The van der Waals surface area contributed by atoms with Crippen molar-refractivity contribution in [3.05, 3.63) is 101 Å². The third-order valence-electron chi connectivity index (χ3n) is 7.88. The summed E-state index contributed by atoms with van der Waals surface area (Å²) in [5.41, 5.74) is 3.52. The van der Waals surface area contributed by atoms with Crippen molar-refractivity contribution >= 4 is 33.4 Å². The Kier molecular flexibility index (Phi) is 9.23. The summed E-state index contributed by atoms with van der Waals surface area (Å²) in [6, 6.07) is 21.1. The van der Waals surface area contributed by atoms with Crippen LogP contribution in [0, 0.1) is 5.82 Å². The lowest BCUT2D eigenvalue weighted by Gasteiger charge is -2.29. The van der Waals surface area contributed by atoms with Crippen LogP contribution in [0.5, 0.6) is 17.4 Å². The van der Waals surface area contributed by atoms with Crippen molar-refractivity contribution in [3.8, 4) is 28.5 Å². The molecule has 9 nitrogen and oxygen atoms in total. The molecule has 5 aromatic rings. The van der Waals surface area contributed by atoms with Crippen molar-refractivity contribution in [1.29, 1.82) is 0 Å². The number of aromatic hydroxyl groups is 1. The number of thiazole rings is 1. The van der Waals surface area contributed by atoms with Gasteiger partial charge in [0.1, 0.15) is 22.9 Å². The molecule has 6 rings (SSSR count). The number of ether oxygens (including phenoxy) is 1. The van der Waals surface area contributed by atoms with E-state index in [0.717, 1.165) is 39.2 Å². The van der Waals surface area contributed by atoms with Crippen LogP contribution in [-0.4, -0.2) is 58.0 Å². The molecule has 236 valence electrons. The minimum Gasteiger partial charge on any atom is -0.508 e. The third-order valence-corrected chi connectivity index (χ3v) is 8.92. The van der Waals surface area contributed by atoms with Gasteiger partial charge >= 0.3 is 0 Å². The largest absolute Gasteiger partial charge is 0.508 e. The van der Waals surface area contributed by atoms with Crippen molar-refractivity contribution in [2.24, 2.45) is 0 Å². The van der Waals surface area contributed by atoms with E-state index < -0.39 is 11.7 Å². The molecule has 1 fully saturated rings. The number of pyridine rings is 1. The van der Waals surface area contributed by atoms with Crippen molar-refractivity contribution in [3.63, 3.8) is 0 Å². The topological polar surface area (TPSA) is 117 Å². The number of carbonyl (C=O) groups is 2. The van der Waals surface area contributed by atoms with Crippen LogP contribution in [0.4, 0.5) is 4.39 Å². The van der Waals surface area contributed by atoms with Crippen LogP contribution >= 0.6 is 11.3 Å². The quantitative estimate of drug-likeness (QED) is 0.168. The highest BCUT2D eigenvalue weighted by molar-refractivity contribution is 7.20. The lowest BCUT2D eigenvalue weighted by Crippen LogP contribution is -2.43. The molecule has 3 N–H and O–H groups in total. The van der Waals surface area contributed by atoms with Gasteiger partial charge in [0, 0.05) is 18.6 Å². The number of fused-ring (bicyclic) bond motifs is 1. The maximum Gasteiger partial charge on any atom is 0.280 e. The van der Waals surface area contributed by atoms with Crippen molar-refractivity contribution in [1.82, 2.24) is 25.5 Å². The van der Waals surface area contributed by atoms with Gasteiger partial charge in [0.15, 0.2) is 5.01 Å². The van der Waals surface area contributed by atoms with Crippen LogP contribution in [-0.2, 0) is 6.54 Å². The summed E-state index contributed by atoms with van der Waals surface area (Å²) in [6.45, 7) is 0.621. The second kappa shape index (κ2) is 13.6. The highest BCUT2D eigenvalue weighted by atomic mass is 32.1. The van der Waals surface area contributed by atoms with E-state index in [9.17, 15) is 19.1 Å². The van der Waals surface area contributed by atoms with Crippen LogP contribution in [0.3, 0.4) is 0 Å². The van der Waals surface area contributed by atoms with E-state index in [1.165, 1.54) is 11.3 Å². The Labute approximate surface area is 270 Å². The summed E-state index contributed by atoms with van der Waals surface area (Å²) in [5, 5.41) is 16.6. The molecule has 0 radical (unpaired) electrons. The number of hydrogen-bond donors (Lipinski definition) is 3. The Hall–Kier alpha value is -4.87. The van der Waals surface area contributed by atoms with Gasteiger partial charge < -0.3 is 25.4 Å². The minimum absolute atomic E-state index is 0.00500. The molecular weight excluding hydrogens is 605 g/mol. The lowest BCUT2D eigenvalue weighted by atomic mass is 9.91. The molecule has 2 aromatic heterocycles. The molecule has 0 unspecified atom stereocenters. The maximum atomic E-state index is 14.3. The number of halogens is 1. The molecule has 0 spiro atoms. The van der Waals surface area contributed by atoms with E-state index in [0.29, 0.717) is 43.0 Å². The van der Waals surface area contributed by atoms with E-state index in [2.05, 4.69) is 20.6 Å². The number of benzene rings is 3. The Morgan fingerprint density at radius 1 is 0.957 bits per heavy atom.